The van der Waals surface area contributed by atoms with Crippen molar-refractivity contribution in [3.63, 3.8) is 0 Å². The van der Waals surface area contributed by atoms with Gasteiger partial charge < -0.3 is 9.88 Å². The van der Waals surface area contributed by atoms with E-state index in [1.165, 1.54) is 10.2 Å². The molecule has 0 saturated carbocycles. The Kier molecular flexibility index (Phi) is 6.19. The van der Waals surface area contributed by atoms with Crippen LogP contribution in [-0.4, -0.2) is 26.8 Å². The largest absolute Gasteiger partial charge is 0.354 e. The first-order valence-corrected chi connectivity index (χ1v) is 11.9. The first kappa shape index (κ1) is 22.6. The van der Waals surface area contributed by atoms with Gasteiger partial charge in [0.15, 0.2) is 0 Å². The summed E-state index contributed by atoms with van der Waals surface area (Å²) in [6, 6.07) is 26.2. The Bertz CT molecular complexity index is 1570. The lowest BCUT2D eigenvalue weighted by Gasteiger charge is -2.13. The van der Waals surface area contributed by atoms with E-state index in [9.17, 15) is 9.59 Å². The molecule has 0 fully saturated rings. The minimum atomic E-state index is -0.265. The molecular formula is C29H28N4O2. The van der Waals surface area contributed by atoms with Gasteiger partial charge in [-0.05, 0) is 35.6 Å². The van der Waals surface area contributed by atoms with E-state index in [4.69, 9.17) is 0 Å². The fraction of sp³-hybridized carbons (Fsp3) is 0.207. The highest BCUT2D eigenvalue weighted by Crippen LogP contribution is 2.27. The van der Waals surface area contributed by atoms with Crippen LogP contribution in [0.5, 0.6) is 0 Å². The Hall–Kier alpha value is -4.19. The van der Waals surface area contributed by atoms with Crippen molar-refractivity contribution in [2.24, 2.45) is 0 Å². The molecule has 5 aromatic rings. The number of nitrogens with one attached hydrogen (secondary N) is 1. The Labute approximate surface area is 203 Å². The number of hydrogen-bond donors (Lipinski definition) is 1. The number of carbonyl (C=O) groups is 1. The smallest absolute Gasteiger partial charge is 0.291 e. The van der Waals surface area contributed by atoms with Crippen molar-refractivity contribution in [2.45, 2.75) is 32.9 Å². The number of rotatable bonds is 7. The topological polar surface area (TPSA) is 68.9 Å². The number of aromatic nitrogens is 3. The molecule has 2 heterocycles. The zero-order chi connectivity index (χ0) is 24.4. The van der Waals surface area contributed by atoms with E-state index in [-0.39, 0.29) is 23.9 Å². The summed E-state index contributed by atoms with van der Waals surface area (Å²) in [5.41, 5.74) is 4.74. The summed E-state index contributed by atoms with van der Waals surface area (Å²) in [4.78, 5) is 26.3. The van der Waals surface area contributed by atoms with Crippen LogP contribution < -0.4 is 10.9 Å². The molecule has 1 amide bonds. The summed E-state index contributed by atoms with van der Waals surface area (Å²) < 4.78 is 3.31. The normalized spacial score (nSPS) is 12.2. The van der Waals surface area contributed by atoms with E-state index in [1.54, 1.807) is 6.20 Å². The third-order valence-corrected chi connectivity index (χ3v) is 6.63. The van der Waals surface area contributed by atoms with Crippen LogP contribution in [-0.2, 0) is 17.9 Å². The SMILES string of the molecule is Cc1ccccc1Cn1c2ccccc2c2cnn(CC(=O)NC[C@@H](C)c3ccccc3)c(=O)c21. The molecule has 6 nitrogen and oxygen atoms in total. The van der Waals surface area contributed by atoms with Crippen LogP contribution in [0.4, 0.5) is 0 Å². The highest BCUT2D eigenvalue weighted by molar-refractivity contribution is 6.07. The second-order valence-electron chi connectivity index (χ2n) is 9.02. The van der Waals surface area contributed by atoms with Gasteiger partial charge in [-0.3, -0.25) is 9.59 Å². The van der Waals surface area contributed by atoms with Gasteiger partial charge in [0.05, 0.1) is 6.20 Å². The van der Waals surface area contributed by atoms with Gasteiger partial charge in [-0.25, -0.2) is 4.68 Å². The molecule has 0 aliphatic rings. The van der Waals surface area contributed by atoms with Crippen molar-refractivity contribution in [3.8, 4) is 0 Å². The van der Waals surface area contributed by atoms with Crippen LogP contribution in [0.2, 0.25) is 0 Å². The maximum atomic E-state index is 13.6. The number of fused-ring (bicyclic) bond motifs is 3. The van der Waals surface area contributed by atoms with Crippen LogP contribution in [0, 0.1) is 6.92 Å². The average molecular weight is 465 g/mol. The minimum absolute atomic E-state index is 0.123. The molecular weight excluding hydrogens is 436 g/mol. The number of benzene rings is 3. The van der Waals surface area contributed by atoms with E-state index in [0.717, 1.165) is 27.4 Å². The molecule has 2 aromatic heterocycles. The van der Waals surface area contributed by atoms with E-state index in [0.29, 0.717) is 18.6 Å². The van der Waals surface area contributed by atoms with Crippen LogP contribution in [0.1, 0.15) is 29.5 Å². The Balaban J connectivity index is 1.46. The molecule has 3 aromatic carbocycles. The fourth-order valence-electron chi connectivity index (χ4n) is 4.59. The third-order valence-electron chi connectivity index (χ3n) is 6.63. The quantitative estimate of drug-likeness (QED) is 0.382. The van der Waals surface area contributed by atoms with Gasteiger partial charge in [0.25, 0.3) is 5.56 Å². The summed E-state index contributed by atoms with van der Waals surface area (Å²) in [7, 11) is 0. The monoisotopic (exact) mass is 464 g/mol. The van der Waals surface area contributed by atoms with E-state index in [2.05, 4.69) is 36.4 Å². The van der Waals surface area contributed by atoms with Crippen LogP contribution >= 0.6 is 0 Å². The standard InChI is InChI=1S/C29H28N4O2/c1-20-10-6-7-13-23(20)18-32-26-15-9-8-14-24(26)25-17-31-33(29(35)28(25)32)19-27(34)30-16-21(2)22-11-4-3-5-12-22/h3-15,17,21H,16,18-19H2,1-2H3,(H,30,34)/t21-/m1/s1. The highest BCUT2D eigenvalue weighted by atomic mass is 16.2. The summed E-state index contributed by atoms with van der Waals surface area (Å²) in [5.74, 6) is -0.0627. The van der Waals surface area contributed by atoms with Crippen molar-refractivity contribution >= 4 is 27.7 Å². The van der Waals surface area contributed by atoms with Gasteiger partial charge in [0, 0.05) is 29.4 Å². The maximum Gasteiger partial charge on any atom is 0.291 e. The van der Waals surface area contributed by atoms with Crippen molar-refractivity contribution in [1.82, 2.24) is 19.7 Å². The van der Waals surface area contributed by atoms with Gasteiger partial charge in [0.1, 0.15) is 12.1 Å². The molecule has 6 heteroatoms. The summed E-state index contributed by atoms with van der Waals surface area (Å²) in [5, 5.41) is 9.08. The molecule has 176 valence electrons. The van der Waals surface area contributed by atoms with Gasteiger partial charge in [-0.1, -0.05) is 79.7 Å². The molecule has 0 spiro atoms. The second kappa shape index (κ2) is 9.58. The predicted octanol–water partition coefficient (Wildman–Crippen LogP) is 4.63. The Morgan fingerprint density at radius 3 is 2.46 bits per heavy atom. The zero-order valence-corrected chi connectivity index (χ0v) is 19.9. The number of aryl methyl sites for hydroxylation is 1. The Morgan fingerprint density at radius 1 is 0.943 bits per heavy atom. The van der Waals surface area contributed by atoms with Gasteiger partial charge in [0.2, 0.25) is 5.91 Å². The zero-order valence-electron chi connectivity index (χ0n) is 19.9. The molecule has 1 N–H and O–H groups in total. The van der Waals surface area contributed by atoms with Crippen molar-refractivity contribution in [3.05, 3.63) is 112 Å². The fourth-order valence-corrected chi connectivity index (χ4v) is 4.59. The third kappa shape index (κ3) is 4.47. The average Bonchev–Trinajstić information content (AvgIpc) is 3.20. The molecule has 0 radical (unpaired) electrons. The molecule has 0 unspecified atom stereocenters. The number of nitrogens with zero attached hydrogens (tertiary/aromatic N) is 3. The number of amides is 1. The number of para-hydroxylation sites is 1. The van der Waals surface area contributed by atoms with Crippen LogP contribution in [0.25, 0.3) is 21.8 Å². The summed E-state index contributed by atoms with van der Waals surface area (Å²) in [6.07, 6.45) is 1.70. The molecule has 0 bridgehead atoms. The molecule has 0 saturated heterocycles. The second-order valence-corrected chi connectivity index (χ2v) is 9.02. The first-order valence-electron chi connectivity index (χ1n) is 11.9. The lowest BCUT2D eigenvalue weighted by molar-refractivity contribution is -0.121. The number of hydrogen-bond acceptors (Lipinski definition) is 3. The van der Waals surface area contributed by atoms with Gasteiger partial charge in [-0.15, -0.1) is 0 Å². The van der Waals surface area contributed by atoms with E-state index < -0.39 is 0 Å². The predicted molar refractivity (Wildman–Crippen MR) is 140 cm³/mol. The maximum absolute atomic E-state index is 13.6. The van der Waals surface area contributed by atoms with E-state index in [1.807, 2.05) is 71.3 Å². The molecule has 35 heavy (non-hydrogen) atoms. The molecule has 0 aliphatic heterocycles. The molecule has 5 rings (SSSR count). The van der Waals surface area contributed by atoms with Crippen LogP contribution in [0.15, 0.2) is 89.9 Å². The highest BCUT2D eigenvalue weighted by Gasteiger charge is 2.18. The van der Waals surface area contributed by atoms with Gasteiger partial charge in [-0.2, -0.15) is 5.10 Å². The van der Waals surface area contributed by atoms with E-state index >= 15 is 0 Å². The minimum Gasteiger partial charge on any atom is -0.354 e. The number of carbonyl (C=O) groups excluding carboxylic acids is 1. The van der Waals surface area contributed by atoms with Crippen molar-refractivity contribution in [1.29, 1.82) is 0 Å². The van der Waals surface area contributed by atoms with Gasteiger partial charge >= 0.3 is 0 Å². The lowest BCUT2D eigenvalue weighted by atomic mass is 10.0. The lowest BCUT2D eigenvalue weighted by Crippen LogP contribution is -2.35. The Morgan fingerprint density at radius 2 is 1.66 bits per heavy atom. The first-order chi connectivity index (χ1) is 17.0. The van der Waals surface area contributed by atoms with Crippen molar-refractivity contribution in [2.75, 3.05) is 6.54 Å². The molecule has 1 atom stereocenters. The molecule has 0 aliphatic carbocycles. The summed E-state index contributed by atoms with van der Waals surface area (Å²) >= 11 is 0. The van der Waals surface area contributed by atoms with Crippen LogP contribution in [0.3, 0.4) is 0 Å². The summed E-state index contributed by atoms with van der Waals surface area (Å²) in [6.45, 7) is 5.08. The van der Waals surface area contributed by atoms with Crippen molar-refractivity contribution < 1.29 is 4.79 Å².